The van der Waals surface area contributed by atoms with E-state index in [9.17, 15) is 17.6 Å². The molecule has 0 saturated carbocycles. The van der Waals surface area contributed by atoms with Crippen LogP contribution in [-0.4, -0.2) is 26.4 Å². The van der Waals surface area contributed by atoms with Gasteiger partial charge in [-0.25, -0.2) is 17.8 Å². The molecule has 1 heterocycles. The van der Waals surface area contributed by atoms with Gasteiger partial charge in [0, 0.05) is 11.3 Å². The summed E-state index contributed by atoms with van der Waals surface area (Å²) in [5, 5.41) is 3.16. The summed E-state index contributed by atoms with van der Waals surface area (Å²) < 4.78 is 46.3. The van der Waals surface area contributed by atoms with E-state index in [1.807, 2.05) is 12.1 Å². The Bertz CT molecular complexity index is 1350. The molecule has 0 aliphatic carbocycles. The number of methoxy groups -OCH3 is 1. The first-order valence-corrected chi connectivity index (χ1v) is 11.3. The van der Waals surface area contributed by atoms with Gasteiger partial charge in [0.05, 0.1) is 16.7 Å². The number of benzene rings is 3. The topological polar surface area (TPSA) is 97.4 Å². The van der Waals surface area contributed by atoms with E-state index in [2.05, 4.69) is 15.0 Å². The van der Waals surface area contributed by atoms with Gasteiger partial charge in [0.15, 0.2) is 5.13 Å². The molecule has 0 radical (unpaired) electrons. The molecule has 0 atom stereocenters. The van der Waals surface area contributed by atoms with Crippen molar-refractivity contribution in [1.82, 2.24) is 4.98 Å². The predicted octanol–water partition coefficient (Wildman–Crippen LogP) is 4.50. The quantitative estimate of drug-likeness (QED) is 0.444. The molecular formula is C21H16FN3O4S2. The highest BCUT2D eigenvalue weighted by Gasteiger charge is 2.16. The van der Waals surface area contributed by atoms with Crippen LogP contribution in [-0.2, 0) is 10.0 Å². The number of halogens is 1. The molecule has 31 heavy (non-hydrogen) atoms. The van der Waals surface area contributed by atoms with Crippen LogP contribution in [0.1, 0.15) is 10.4 Å². The molecule has 4 aromatic rings. The molecule has 0 bridgehead atoms. The normalized spacial score (nSPS) is 11.3. The van der Waals surface area contributed by atoms with Gasteiger partial charge < -0.3 is 4.74 Å². The Morgan fingerprint density at radius 1 is 1.03 bits per heavy atom. The zero-order valence-electron chi connectivity index (χ0n) is 16.1. The minimum atomic E-state index is -3.87. The van der Waals surface area contributed by atoms with Crippen LogP contribution < -0.4 is 14.8 Å². The van der Waals surface area contributed by atoms with Crippen LogP contribution in [0.3, 0.4) is 0 Å². The summed E-state index contributed by atoms with van der Waals surface area (Å²) in [6.45, 7) is 0. The molecule has 0 fully saturated rings. The lowest BCUT2D eigenvalue weighted by atomic mass is 10.2. The number of fused-ring (bicyclic) bond motifs is 1. The number of ether oxygens (including phenoxy) is 1. The van der Waals surface area contributed by atoms with Gasteiger partial charge in [-0.3, -0.25) is 14.8 Å². The van der Waals surface area contributed by atoms with E-state index in [0.717, 1.165) is 16.8 Å². The Hall–Kier alpha value is -3.50. The molecule has 0 aliphatic rings. The third-order valence-electron chi connectivity index (χ3n) is 4.35. The van der Waals surface area contributed by atoms with Gasteiger partial charge >= 0.3 is 0 Å². The average molecular weight is 458 g/mol. The van der Waals surface area contributed by atoms with Crippen molar-refractivity contribution in [3.63, 3.8) is 0 Å². The Balaban J connectivity index is 1.48. The Kier molecular flexibility index (Phi) is 5.57. The first-order valence-electron chi connectivity index (χ1n) is 8.99. The number of sulfonamides is 1. The molecule has 2 N–H and O–H groups in total. The van der Waals surface area contributed by atoms with Crippen molar-refractivity contribution in [2.45, 2.75) is 4.90 Å². The van der Waals surface area contributed by atoms with Crippen molar-refractivity contribution in [3.8, 4) is 5.75 Å². The van der Waals surface area contributed by atoms with Crippen molar-refractivity contribution in [2.24, 2.45) is 0 Å². The molecule has 1 amide bonds. The number of rotatable bonds is 6. The molecule has 10 heteroatoms. The maximum atomic E-state index is 13.0. The highest BCUT2D eigenvalue weighted by molar-refractivity contribution is 7.92. The van der Waals surface area contributed by atoms with Crippen molar-refractivity contribution >= 4 is 48.3 Å². The highest BCUT2D eigenvalue weighted by Crippen LogP contribution is 2.32. The Labute approximate surface area is 181 Å². The number of hydrogen-bond acceptors (Lipinski definition) is 6. The number of carbonyl (C=O) groups excluding carboxylic acids is 1. The van der Waals surface area contributed by atoms with Gasteiger partial charge in [0.25, 0.3) is 15.9 Å². The first kappa shape index (κ1) is 20.8. The fourth-order valence-electron chi connectivity index (χ4n) is 2.83. The van der Waals surface area contributed by atoms with Crippen molar-refractivity contribution in [3.05, 3.63) is 78.1 Å². The number of aromatic nitrogens is 1. The van der Waals surface area contributed by atoms with Crippen molar-refractivity contribution < 1.29 is 22.3 Å². The largest absolute Gasteiger partial charge is 0.494 e. The number of amides is 1. The minimum absolute atomic E-state index is 0.0676. The third kappa shape index (κ3) is 4.49. The smallest absolute Gasteiger partial charge is 0.261 e. The maximum Gasteiger partial charge on any atom is 0.261 e. The van der Waals surface area contributed by atoms with Crippen LogP contribution >= 0.6 is 11.3 Å². The zero-order valence-corrected chi connectivity index (χ0v) is 17.8. The molecule has 0 spiro atoms. The van der Waals surface area contributed by atoms with Crippen LogP contribution in [0.5, 0.6) is 5.75 Å². The van der Waals surface area contributed by atoms with Gasteiger partial charge in [-0.2, -0.15) is 0 Å². The Morgan fingerprint density at radius 2 is 1.74 bits per heavy atom. The van der Waals surface area contributed by atoms with Crippen molar-refractivity contribution in [2.75, 3.05) is 17.1 Å². The Morgan fingerprint density at radius 3 is 2.42 bits per heavy atom. The van der Waals surface area contributed by atoms with Crippen molar-refractivity contribution in [1.29, 1.82) is 0 Å². The van der Waals surface area contributed by atoms with Crippen LogP contribution in [0.4, 0.5) is 15.2 Å². The molecule has 0 saturated heterocycles. The summed E-state index contributed by atoms with van der Waals surface area (Å²) in [5.74, 6) is -0.293. The standard InChI is InChI=1S/C21H16FN3O4S2/c1-29-17-3-2-4-18-19(17)23-21(30-18)24-20(26)13-5-9-15(10-6-13)25-31(27,28)16-11-7-14(22)8-12-16/h2-12,25H,1H3,(H,23,24,26). The van der Waals surface area contributed by atoms with Gasteiger partial charge in [-0.15, -0.1) is 0 Å². The summed E-state index contributed by atoms with van der Waals surface area (Å²) in [6.07, 6.45) is 0. The number of thiazole rings is 1. The summed E-state index contributed by atoms with van der Waals surface area (Å²) in [6, 6.07) is 15.9. The van der Waals surface area contributed by atoms with E-state index < -0.39 is 15.8 Å². The van der Waals surface area contributed by atoms with Gasteiger partial charge in [0.1, 0.15) is 17.1 Å². The lowest BCUT2D eigenvalue weighted by Gasteiger charge is -2.09. The lowest BCUT2D eigenvalue weighted by molar-refractivity contribution is 0.102. The number of nitrogens with one attached hydrogen (secondary N) is 2. The van der Waals surface area contributed by atoms with Gasteiger partial charge in [-0.1, -0.05) is 17.4 Å². The summed E-state index contributed by atoms with van der Waals surface area (Å²) >= 11 is 1.32. The maximum absolute atomic E-state index is 13.0. The monoisotopic (exact) mass is 457 g/mol. The molecule has 158 valence electrons. The van der Waals surface area contributed by atoms with E-state index in [-0.39, 0.29) is 16.5 Å². The first-order chi connectivity index (χ1) is 14.9. The third-order valence-corrected chi connectivity index (χ3v) is 6.68. The number of nitrogens with zero attached hydrogens (tertiary/aromatic N) is 1. The van der Waals surface area contributed by atoms with E-state index in [1.165, 1.54) is 47.7 Å². The summed E-state index contributed by atoms with van der Waals surface area (Å²) in [5.41, 5.74) is 1.26. The highest BCUT2D eigenvalue weighted by atomic mass is 32.2. The SMILES string of the molecule is COc1cccc2sc(NC(=O)c3ccc(NS(=O)(=O)c4ccc(F)cc4)cc3)nc12. The van der Waals surface area contributed by atoms with E-state index in [4.69, 9.17) is 4.74 Å². The molecule has 1 aromatic heterocycles. The molecule has 4 rings (SSSR count). The number of para-hydroxylation sites is 1. The second-order valence-electron chi connectivity index (χ2n) is 6.42. The van der Waals surface area contributed by atoms with Gasteiger partial charge in [-0.05, 0) is 60.7 Å². The number of carbonyl (C=O) groups is 1. The molecular weight excluding hydrogens is 441 g/mol. The average Bonchev–Trinajstić information content (AvgIpc) is 3.16. The molecule has 0 unspecified atom stereocenters. The van der Waals surface area contributed by atoms with Gasteiger partial charge in [0.2, 0.25) is 0 Å². The fraction of sp³-hybridized carbons (Fsp3) is 0.0476. The second-order valence-corrected chi connectivity index (χ2v) is 9.13. The zero-order chi connectivity index (χ0) is 22.0. The van der Waals surface area contributed by atoms with E-state index in [0.29, 0.717) is 22.0 Å². The summed E-state index contributed by atoms with van der Waals surface area (Å²) in [7, 11) is -2.32. The number of hydrogen-bond donors (Lipinski definition) is 2. The summed E-state index contributed by atoms with van der Waals surface area (Å²) in [4.78, 5) is 16.9. The molecule has 7 nitrogen and oxygen atoms in total. The number of anilines is 2. The van der Waals surface area contributed by atoms with Crippen LogP contribution in [0, 0.1) is 5.82 Å². The predicted molar refractivity (Wildman–Crippen MR) is 118 cm³/mol. The van der Waals surface area contributed by atoms with Crippen LogP contribution in [0.25, 0.3) is 10.2 Å². The lowest BCUT2D eigenvalue weighted by Crippen LogP contribution is -2.14. The molecule has 3 aromatic carbocycles. The second kappa shape index (κ2) is 8.32. The fourth-order valence-corrected chi connectivity index (χ4v) is 4.77. The minimum Gasteiger partial charge on any atom is -0.494 e. The molecule has 0 aliphatic heterocycles. The van der Waals surface area contributed by atoms with E-state index in [1.54, 1.807) is 13.2 Å². The van der Waals surface area contributed by atoms with Crippen LogP contribution in [0.2, 0.25) is 0 Å². The van der Waals surface area contributed by atoms with Crippen LogP contribution in [0.15, 0.2) is 71.6 Å². The van der Waals surface area contributed by atoms with E-state index >= 15 is 0 Å².